The topological polar surface area (TPSA) is 60.2 Å². The third-order valence-corrected chi connectivity index (χ3v) is 3.32. The molecule has 0 saturated carbocycles. The first kappa shape index (κ1) is 13.0. The number of piperidine rings is 1. The third-order valence-electron chi connectivity index (χ3n) is 3.32. The Morgan fingerprint density at radius 3 is 3.06 bits per heavy atom. The molecule has 1 aromatic heterocycles. The van der Waals surface area contributed by atoms with Crippen molar-refractivity contribution in [2.24, 2.45) is 7.05 Å². The lowest BCUT2D eigenvalue weighted by atomic mass is 10.0. The summed E-state index contributed by atoms with van der Waals surface area (Å²) in [4.78, 5) is 14.1. The van der Waals surface area contributed by atoms with Gasteiger partial charge in [-0.3, -0.25) is 9.69 Å². The molecule has 18 heavy (non-hydrogen) atoms. The molecule has 1 unspecified atom stereocenters. The van der Waals surface area contributed by atoms with Crippen molar-refractivity contribution in [3.63, 3.8) is 0 Å². The van der Waals surface area contributed by atoms with E-state index in [9.17, 15) is 4.79 Å². The summed E-state index contributed by atoms with van der Waals surface area (Å²) in [7, 11) is 1.92. The quantitative estimate of drug-likeness (QED) is 0.739. The monoisotopic (exact) mass is 252 g/mol. The van der Waals surface area contributed by atoms with Crippen LogP contribution < -0.4 is 0 Å². The van der Waals surface area contributed by atoms with Crippen molar-refractivity contribution in [3.8, 4) is 0 Å². The highest BCUT2D eigenvalue weighted by molar-refractivity contribution is 5.75. The minimum absolute atomic E-state index is 0.112. The van der Waals surface area contributed by atoms with E-state index in [0.29, 0.717) is 13.2 Å². The molecular formula is C12H20N4O2. The van der Waals surface area contributed by atoms with Gasteiger partial charge in [0.25, 0.3) is 0 Å². The zero-order valence-electron chi connectivity index (χ0n) is 11.0. The van der Waals surface area contributed by atoms with Gasteiger partial charge >= 0.3 is 5.97 Å². The lowest BCUT2D eigenvalue weighted by Gasteiger charge is -2.33. The molecule has 2 heterocycles. The highest BCUT2D eigenvalue weighted by Crippen LogP contribution is 2.20. The van der Waals surface area contributed by atoms with Crippen molar-refractivity contribution in [2.75, 3.05) is 13.2 Å². The van der Waals surface area contributed by atoms with Gasteiger partial charge in [-0.15, -0.1) is 10.2 Å². The molecule has 0 aromatic carbocycles. The molecule has 0 aliphatic carbocycles. The molecule has 1 aromatic rings. The number of hydrogen-bond donors (Lipinski definition) is 0. The second-order valence-electron chi connectivity index (χ2n) is 4.59. The van der Waals surface area contributed by atoms with E-state index in [0.717, 1.165) is 31.6 Å². The average Bonchev–Trinajstić information content (AvgIpc) is 2.76. The molecule has 0 radical (unpaired) electrons. The summed E-state index contributed by atoms with van der Waals surface area (Å²) in [6.07, 6.45) is 4.75. The van der Waals surface area contributed by atoms with Crippen molar-refractivity contribution >= 4 is 5.97 Å². The number of esters is 1. The van der Waals surface area contributed by atoms with Gasteiger partial charge in [0.15, 0.2) is 0 Å². The summed E-state index contributed by atoms with van der Waals surface area (Å²) >= 11 is 0. The number of carbonyl (C=O) groups is 1. The molecule has 2 rings (SSSR count). The molecule has 0 bridgehead atoms. The fourth-order valence-electron chi connectivity index (χ4n) is 2.32. The maximum Gasteiger partial charge on any atom is 0.323 e. The van der Waals surface area contributed by atoms with Gasteiger partial charge in [0.1, 0.15) is 18.2 Å². The Morgan fingerprint density at radius 2 is 2.39 bits per heavy atom. The van der Waals surface area contributed by atoms with Gasteiger partial charge in [0, 0.05) is 7.05 Å². The minimum atomic E-state index is -0.129. The third kappa shape index (κ3) is 2.87. The van der Waals surface area contributed by atoms with Crippen LogP contribution in [0.4, 0.5) is 0 Å². The van der Waals surface area contributed by atoms with E-state index < -0.39 is 0 Å². The number of aryl methyl sites for hydroxylation is 1. The summed E-state index contributed by atoms with van der Waals surface area (Å²) in [6, 6.07) is -0.129. The fourth-order valence-corrected chi connectivity index (χ4v) is 2.32. The molecule has 100 valence electrons. The molecule has 0 amide bonds. The predicted molar refractivity (Wildman–Crippen MR) is 65.7 cm³/mol. The van der Waals surface area contributed by atoms with Gasteiger partial charge in [-0.1, -0.05) is 6.42 Å². The maximum atomic E-state index is 11.9. The zero-order valence-corrected chi connectivity index (χ0v) is 11.0. The van der Waals surface area contributed by atoms with Crippen molar-refractivity contribution in [2.45, 2.75) is 38.8 Å². The second kappa shape index (κ2) is 5.95. The SMILES string of the molecule is CCOC(=O)C1CCCCN1Cc1nncn1C. The maximum absolute atomic E-state index is 11.9. The highest BCUT2D eigenvalue weighted by Gasteiger charge is 2.30. The molecule has 6 nitrogen and oxygen atoms in total. The summed E-state index contributed by atoms with van der Waals surface area (Å²) in [5.74, 6) is 0.769. The Morgan fingerprint density at radius 1 is 1.56 bits per heavy atom. The summed E-state index contributed by atoms with van der Waals surface area (Å²) in [5, 5.41) is 7.93. The standard InChI is InChI=1S/C12H20N4O2/c1-3-18-12(17)10-6-4-5-7-16(10)8-11-14-13-9-15(11)2/h9-10H,3-8H2,1-2H3. The van der Waals surface area contributed by atoms with Crippen LogP contribution in [0.15, 0.2) is 6.33 Å². The van der Waals surface area contributed by atoms with Crippen LogP contribution in [0.5, 0.6) is 0 Å². The van der Waals surface area contributed by atoms with Crippen molar-refractivity contribution in [1.82, 2.24) is 19.7 Å². The van der Waals surface area contributed by atoms with E-state index >= 15 is 0 Å². The lowest BCUT2D eigenvalue weighted by molar-refractivity contribution is -0.151. The average molecular weight is 252 g/mol. The van der Waals surface area contributed by atoms with Gasteiger partial charge in [0.05, 0.1) is 13.2 Å². The molecule has 6 heteroatoms. The van der Waals surface area contributed by atoms with Crippen molar-refractivity contribution < 1.29 is 9.53 Å². The van der Waals surface area contributed by atoms with Crippen molar-refractivity contribution in [3.05, 3.63) is 12.2 Å². The number of nitrogens with zero attached hydrogens (tertiary/aromatic N) is 4. The van der Waals surface area contributed by atoms with Crippen LogP contribution in [-0.4, -0.2) is 44.8 Å². The number of carbonyl (C=O) groups excluding carboxylic acids is 1. The number of hydrogen-bond acceptors (Lipinski definition) is 5. The Labute approximate surface area is 107 Å². The number of rotatable bonds is 4. The van der Waals surface area contributed by atoms with Crippen LogP contribution in [0, 0.1) is 0 Å². The Kier molecular flexibility index (Phi) is 4.30. The second-order valence-corrected chi connectivity index (χ2v) is 4.59. The Bertz CT molecular complexity index is 405. The van der Waals surface area contributed by atoms with Gasteiger partial charge in [-0.05, 0) is 26.3 Å². The van der Waals surface area contributed by atoms with Gasteiger partial charge in [-0.2, -0.15) is 0 Å². The van der Waals surface area contributed by atoms with E-state index in [1.807, 2.05) is 18.5 Å². The first-order valence-electron chi connectivity index (χ1n) is 6.46. The van der Waals surface area contributed by atoms with Crippen LogP contribution in [0.1, 0.15) is 32.0 Å². The van der Waals surface area contributed by atoms with Crippen molar-refractivity contribution in [1.29, 1.82) is 0 Å². The Balaban J connectivity index is 2.04. The van der Waals surface area contributed by atoms with E-state index in [2.05, 4.69) is 15.1 Å². The smallest absolute Gasteiger partial charge is 0.323 e. The van der Waals surface area contributed by atoms with E-state index in [4.69, 9.17) is 4.74 Å². The summed E-state index contributed by atoms with van der Waals surface area (Å²) in [5.41, 5.74) is 0. The molecule has 0 spiro atoms. The number of aromatic nitrogens is 3. The largest absolute Gasteiger partial charge is 0.465 e. The molecule has 1 atom stereocenters. The van der Waals surface area contributed by atoms with Gasteiger partial charge in [-0.25, -0.2) is 0 Å². The van der Waals surface area contributed by atoms with Crippen LogP contribution in [0.2, 0.25) is 0 Å². The van der Waals surface area contributed by atoms with Gasteiger partial charge < -0.3 is 9.30 Å². The summed E-state index contributed by atoms with van der Waals surface area (Å²) < 4.78 is 7.02. The van der Waals surface area contributed by atoms with Crippen LogP contribution in [0.25, 0.3) is 0 Å². The van der Waals surface area contributed by atoms with Crippen LogP contribution >= 0.6 is 0 Å². The zero-order chi connectivity index (χ0) is 13.0. The first-order valence-corrected chi connectivity index (χ1v) is 6.46. The number of ether oxygens (including phenoxy) is 1. The Hall–Kier alpha value is -1.43. The minimum Gasteiger partial charge on any atom is -0.465 e. The van der Waals surface area contributed by atoms with E-state index in [1.165, 1.54) is 0 Å². The lowest BCUT2D eigenvalue weighted by Crippen LogP contribution is -2.45. The van der Waals surface area contributed by atoms with Crippen LogP contribution in [0.3, 0.4) is 0 Å². The molecule has 1 saturated heterocycles. The molecule has 0 N–H and O–H groups in total. The van der Waals surface area contributed by atoms with Crippen LogP contribution in [-0.2, 0) is 23.1 Å². The summed E-state index contributed by atoms with van der Waals surface area (Å²) in [6.45, 7) is 3.84. The molecular weight excluding hydrogens is 232 g/mol. The fraction of sp³-hybridized carbons (Fsp3) is 0.750. The number of likely N-dealkylation sites (tertiary alicyclic amines) is 1. The first-order chi connectivity index (χ1) is 8.72. The predicted octanol–water partition coefficient (Wildman–Crippen LogP) is 0.733. The van der Waals surface area contributed by atoms with E-state index in [1.54, 1.807) is 6.33 Å². The van der Waals surface area contributed by atoms with Gasteiger partial charge in [0.2, 0.25) is 0 Å². The van der Waals surface area contributed by atoms with E-state index in [-0.39, 0.29) is 12.0 Å². The molecule has 1 aliphatic heterocycles. The highest BCUT2D eigenvalue weighted by atomic mass is 16.5. The molecule has 1 aliphatic rings. The normalized spacial score (nSPS) is 20.9. The molecule has 1 fully saturated rings.